The fraction of sp³-hybridized carbons (Fsp3) is 0.917. The molecule has 0 radical (unpaired) electrons. The molecule has 7 heteroatoms. The number of nitrogens with zero attached hydrogens (tertiary/aromatic N) is 1. The number of likely N-dealkylation sites (tertiary alicyclic amines) is 1. The second-order valence-electron chi connectivity index (χ2n) is 9.37. The van der Waals surface area contributed by atoms with Crippen molar-refractivity contribution in [2.24, 2.45) is 5.41 Å². The zero-order valence-electron chi connectivity index (χ0n) is 20.6. The summed E-state index contributed by atoms with van der Waals surface area (Å²) in [6.07, 6.45) is 8.37. The van der Waals surface area contributed by atoms with Crippen molar-refractivity contribution >= 4 is 41.3 Å². The molecule has 1 saturated heterocycles. The first-order valence-electron chi connectivity index (χ1n) is 12.5. The number of carbonyl (C=O) groups excluding carboxylic acids is 2. The Labute approximate surface area is 199 Å². The van der Waals surface area contributed by atoms with Crippen molar-refractivity contribution in [3.05, 3.63) is 0 Å². The number of amides is 1. The quantitative estimate of drug-likeness (QED) is 0.162. The third-order valence-electron chi connectivity index (χ3n) is 7.22. The van der Waals surface area contributed by atoms with Crippen LogP contribution >= 0.6 is 11.6 Å². The van der Waals surface area contributed by atoms with Gasteiger partial charge in [-0.05, 0) is 0 Å². The molecule has 0 N–H and O–H groups in total. The van der Waals surface area contributed by atoms with Crippen LogP contribution in [0.15, 0.2) is 0 Å². The standard InChI is InChI=1S/C12H19ClNO4.3C4H9.Sn/c1-3-17-9-12(10(13)15)5-7-14(8-6-12)11(16)18-4-2;3*1-3-4-2;/h3H,4-9H2,1-2H3;3*1,3-4H2,2H3;. The average Bonchev–Trinajstić information content (AvgIpc) is 2.77. The summed E-state index contributed by atoms with van der Waals surface area (Å²) in [7, 11) is 0. The predicted octanol–water partition coefficient (Wildman–Crippen LogP) is 6.78. The monoisotopic (exact) mass is 567 g/mol. The molecular formula is C24H46ClNO4Sn. The Hall–Kier alpha value is -0.0113. The second kappa shape index (κ2) is 15.0. The molecule has 1 amide bonds. The summed E-state index contributed by atoms with van der Waals surface area (Å²) in [5.41, 5.74) is -0.684. The first-order chi connectivity index (χ1) is 14.8. The van der Waals surface area contributed by atoms with Gasteiger partial charge in [-0.3, -0.25) is 0 Å². The first kappa shape index (κ1) is 29.0. The summed E-state index contributed by atoms with van der Waals surface area (Å²) in [6, 6.07) is 0. The van der Waals surface area contributed by atoms with Gasteiger partial charge in [0.25, 0.3) is 0 Å². The number of piperidine rings is 1. The predicted molar refractivity (Wildman–Crippen MR) is 131 cm³/mol. The van der Waals surface area contributed by atoms with Gasteiger partial charge < -0.3 is 0 Å². The van der Waals surface area contributed by atoms with Crippen molar-refractivity contribution in [2.75, 3.05) is 26.3 Å². The van der Waals surface area contributed by atoms with Crippen molar-refractivity contribution in [3.63, 3.8) is 0 Å². The van der Waals surface area contributed by atoms with Crippen molar-refractivity contribution in [2.45, 2.75) is 103 Å². The van der Waals surface area contributed by atoms with Crippen LogP contribution in [0.1, 0.15) is 86.0 Å². The number of hydrogen-bond acceptors (Lipinski definition) is 4. The van der Waals surface area contributed by atoms with Crippen LogP contribution in [0.2, 0.25) is 13.3 Å². The van der Waals surface area contributed by atoms with Crippen LogP contribution in [0.5, 0.6) is 0 Å². The molecule has 0 bridgehead atoms. The van der Waals surface area contributed by atoms with E-state index in [-0.39, 0.29) is 15.5 Å². The average molecular weight is 567 g/mol. The molecule has 1 atom stereocenters. The van der Waals surface area contributed by atoms with E-state index in [4.69, 9.17) is 21.1 Å². The molecule has 1 heterocycles. The van der Waals surface area contributed by atoms with E-state index in [9.17, 15) is 9.59 Å². The van der Waals surface area contributed by atoms with E-state index in [0.717, 1.165) is 0 Å². The molecule has 1 aliphatic rings. The molecule has 5 nitrogen and oxygen atoms in total. The van der Waals surface area contributed by atoms with E-state index < -0.39 is 23.8 Å². The minimum atomic E-state index is -2.53. The first-order valence-corrected chi connectivity index (χ1v) is 20.6. The zero-order valence-corrected chi connectivity index (χ0v) is 24.3. The Morgan fingerprint density at radius 3 is 1.84 bits per heavy atom. The van der Waals surface area contributed by atoms with Crippen molar-refractivity contribution < 1.29 is 19.1 Å². The maximum absolute atomic E-state index is 12.5. The van der Waals surface area contributed by atoms with Gasteiger partial charge in [0.15, 0.2) is 0 Å². The fourth-order valence-electron chi connectivity index (χ4n) is 4.76. The van der Waals surface area contributed by atoms with Crippen molar-refractivity contribution in [1.29, 1.82) is 0 Å². The molecule has 0 saturated carbocycles. The number of hydrogen-bond donors (Lipinski definition) is 0. The molecule has 182 valence electrons. The van der Waals surface area contributed by atoms with Gasteiger partial charge in [0.1, 0.15) is 0 Å². The summed E-state index contributed by atoms with van der Waals surface area (Å²) in [5.74, 6) is 0. The Kier molecular flexibility index (Phi) is 14.0. The summed E-state index contributed by atoms with van der Waals surface area (Å²) >= 11 is 3.59. The van der Waals surface area contributed by atoms with E-state index >= 15 is 0 Å². The Morgan fingerprint density at radius 2 is 1.45 bits per heavy atom. The van der Waals surface area contributed by atoms with E-state index in [1.54, 1.807) is 11.8 Å². The third kappa shape index (κ3) is 8.69. The summed E-state index contributed by atoms with van der Waals surface area (Å²) in [4.78, 5) is 26.2. The van der Waals surface area contributed by atoms with Crippen LogP contribution in [-0.2, 0) is 14.3 Å². The molecule has 0 aromatic heterocycles. The zero-order chi connectivity index (χ0) is 23.3. The Morgan fingerprint density at radius 1 is 0.968 bits per heavy atom. The van der Waals surface area contributed by atoms with Gasteiger partial charge in [0, 0.05) is 0 Å². The number of ether oxygens (including phenoxy) is 2. The van der Waals surface area contributed by atoms with Gasteiger partial charge in [-0.2, -0.15) is 0 Å². The molecule has 1 fully saturated rings. The van der Waals surface area contributed by atoms with E-state index in [1.807, 2.05) is 0 Å². The molecule has 0 spiro atoms. The van der Waals surface area contributed by atoms with Gasteiger partial charge in [-0.15, -0.1) is 0 Å². The number of rotatable bonds is 15. The summed E-state index contributed by atoms with van der Waals surface area (Å²) < 4.78 is 16.1. The van der Waals surface area contributed by atoms with E-state index in [2.05, 4.69) is 27.7 Å². The van der Waals surface area contributed by atoms with Crippen LogP contribution in [-0.4, -0.2) is 65.0 Å². The van der Waals surface area contributed by atoms with E-state index in [1.165, 1.54) is 51.8 Å². The SMILES string of the molecule is CCC[CH2][Sn]([CH2]CCC)([CH2]CCC)[CH](C)OCC1(C(=O)Cl)CCN(C(=O)OCC)CC1. The molecule has 0 aromatic carbocycles. The molecule has 0 aliphatic carbocycles. The summed E-state index contributed by atoms with van der Waals surface area (Å²) in [6.45, 7) is 12.7. The molecule has 31 heavy (non-hydrogen) atoms. The third-order valence-corrected chi connectivity index (χ3v) is 24.6. The number of halogens is 1. The summed E-state index contributed by atoms with van der Waals surface area (Å²) in [5, 5.41) is -0.320. The molecular weight excluding hydrogens is 520 g/mol. The van der Waals surface area contributed by atoms with E-state index in [0.29, 0.717) is 39.1 Å². The normalized spacial score (nSPS) is 17.4. The molecule has 1 aliphatic heterocycles. The van der Waals surface area contributed by atoms with Gasteiger partial charge in [0.05, 0.1) is 0 Å². The minimum absolute atomic E-state index is 0.287. The number of carbonyl (C=O) groups is 2. The van der Waals surface area contributed by atoms with Gasteiger partial charge >= 0.3 is 200 Å². The maximum atomic E-state index is 12.5. The fourth-order valence-corrected chi connectivity index (χ4v) is 20.9. The van der Waals surface area contributed by atoms with Crippen molar-refractivity contribution in [3.8, 4) is 0 Å². The van der Waals surface area contributed by atoms with Gasteiger partial charge in [-0.1, -0.05) is 0 Å². The molecule has 0 aromatic rings. The van der Waals surface area contributed by atoms with Crippen LogP contribution in [0.3, 0.4) is 0 Å². The number of unbranched alkanes of at least 4 members (excludes halogenated alkanes) is 3. The van der Waals surface area contributed by atoms with Crippen LogP contribution < -0.4 is 0 Å². The van der Waals surface area contributed by atoms with Crippen LogP contribution in [0.25, 0.3) is 0 Å². The second-order valence-corrected chi connectivity index (χ2v) is 24.1. The van der Waals surface area contributed by atoms with Gasteiger partial charge in [0.2, 0.25) is 0 Å². The van der Waals surface area contributed by atoms with Gasteiger partial charge in [-0.25, -0.2) is 0 Å². The molecule has 1 rings (SSSR count). The Bertz CT molecular complexity index is 516. The Balaban J connectivity index is 2.88. The van der Waals surface area contributed by atoms with Crippen molar-refractivity contribution in [1.82, 2.24) is 4.90 Å². The van der Waals surface area contributed by atoms with Crippen LogP contribution in [0.4, 0.5) is 4.79 Å². The topological polar surface area (TPSA) is 55.8 Å². The van der Waals surface area contributed by atoms with Crippen LogP contribution in [0, 0.1) is 5.41 Å². The molecule has 1 unspecified atom stereocenters.